The molecule has 150 heavy (non-hydrogen) atoms. The van der Waals surface area contributed by atoms with Gasteiger partial charge >= 0.3 is 0 Å². The number of aliphatic imine (C=N–C) groups is 1. The summed E-state index contributed by atoms with van der Waals surface area (Å²) in [7, 11) is 0. The normalized spacial score (nSPS) is 11.1. The van der Waals surface area contributed by atoms with Crippen LogP contribution in [-0.2, 0) is 99.1 Å². The molecule has 0 aromatic heterocycles. The molecule has 20 aromatic carbocycles. The molecule has 0 saturated carbocycles. The lowest BCUT2D eigenvalue weighted by Gasteiger charge is -2.17. The average molecular weight is 1980 g/mol. The fraction of sp³-hybridized carbons (Fsp3) is 0.114. The predicted octanol–water partition coefficient (Wildman–Crippen LogP) is 30.5. The van der Waals surface area contributed by atoms with Crippen LogP contribution in [0.2, 0.25) is 0 Å². The lowest BCUT2D eigenvalue weighted by atomic mass is 9.92. The third-order valence-electron chi connectivity index (χ3n) is 24.8. The van der Waals surface area contributed by atoms with Crippen LogP contribution in [0.5, 0.6) is 97.7 Å². The van der Waals surface area contributed by atoms with Gasteiger partial charge in [-0.25, -0.2) is 0 Å². The topological polar surface area (TPSA) is 191 Å². The highest BCUT2D eigenvalue weighted by Crippen LogP contribution is 2.46. The first-order valence-corrected chi connectivity index (χ1v) is 49.8. The zero-order valence-electron chi connectivity index (χ0n) is 82.5. The molecule has 20 rings (SSSR count). The first kappa shape index (κ1) is 98.6. The van der Waals surface area contributed by atoms with Crippen molar-refractivity contribution in [3.05, 3.63) is 550 Å². The first-order valence-electron chi connectivity index (χ1n) is 49.8. The van der Waals surface area contributed by atoms with Crippen molar-refractivity contribution in [3.63, 3.8) is 0 Å². The summed E-state index contributed by atoms with van der Waals surface area (Å²) in [6.07, 6.45) is 1.62. The van der Waals surface area contributed by atoms with Crippen molar-refractivity contribution in [2.24, 2.45) is 4.99 Å². The molecular weight excluding hydrogens is 1870 g/mol. The van der Waals surface area contributed by atoms with E-state index in [0.717, 1.165) is 93.9 Å². The molecule has 0 aliphatic carbocycles. The fourth-order valence-electron chi connectivity index (χ4n) is 17.3. The SMILES string of the molecule is Oc1cc(OCc2cc(OCc3cc(OCc4cc(OCc5ccccc5)cc(OCc5ccccc5)c4)cc(OCc4cc(OCc5ccccc5)cc(OCc5ccccc5)c4)c3)cc(OCc3cc(OCc4cc(OCc5ccccc5)cc(OCc5ccccc5)c4)cc(OCc4cc(OCc5ccccc5)cc(OCc5ccccc5)c4)c3)c2)ccc1C=Nc1ccc2ccccc2c1-c1c(O)ccc2ccccc12. The first-order chi connectivity index (χ1) is 74.0. The molecule has 0 aliphatic rings. The Morgan fingerprint density at radius 3 is 0.573 bits per heavy atom. The summed E-state index contributed by atoms with van der Waals surface area (Å²) in [5, 5.41) is 27.4. The van der Waals surface area contributed by atoms with Crippen molar-refractivity contribution in [2.75, 3.05) is 0 Å². The molecule has 0 heterocycles. The van der Waals surface area contributed by atoms with E-state index < -0.39 is 0 Å². The van der Waals surface area contributed by atoms with Crippen LogP contribution in [0.3, 0.4) is 0 Å². The predicted molar refractivity (Wildman–Crippen MR) is 586 cm³/mol. The summed E-state index contributed by atoms with van der Waals surface area (Å²) < 4.78 is 100. The Labute approximate surface area is 872 Å². The van der Waals surface area contributed by atoms with Gasteiger partial charge in [-0.05, 0) is 214 Å². The highest BCUT2D eigenvalue weighted by atomic mass is 16.5. The third-order valence-corrected chi connectivity index (χ3v) is 24.8. The van der Waals surface area contributed by atoms with Gasteiger partial charge in [0.05, 0.1) is 5.69 Å². The number of fused-ring (bicyclic) bond motifs is 2. The van der Waals surface area contributed by atoms with Crippen LogP contribution in [0.15, 0.2) is 466 Å². The number of hydrogen-bond acceptors (Lipinski definition) is 18. The number of phenols is 2. The van der Waals surface area contributed by atoms with Gasteiger partial charge in [0.25, 0.3) is 0 Å². The molecule has 0 fully saturated rings. The molecule has 0 radical (unpaired) electrons. The summed E-state index contributed by atoms with van der Waals surface area (Å²) in [5.74, 6) is 8.08. The Balaban J connectivity index is 0.630. The summed E-state index contributed by atoms with van der Waals surface area (Å²) in [5.41, 5.74) is 15.8. The van der Waals surface area contributed by atoms with Crippen molar-refractivity contribution < 1.29 is 81.3 Å². The van der Waals surface area contributed by atoms with Crippen LogP contribution < -0.4 is 71.1 Å². The zero-order chi connectivity index (χ0) is 101. The number of rotatable bonds is 48. The van der Waals surface area contributed by atoms with Gasteiger partial charge in [0.1, 0.15) is 197 Å². The molecule has 0 atom stereocenters. The minimum Gasteiger partial charge on any atom is -0.507 e. The van der Waals surface area contributed by atoms with Gasteiger partial charge in [0.15, 0.2) is 0 Å². The third kappa shape index (κ3) is 28.2. The molecule has 0 saturated heterocycles. The van der Waals surface area contributed by atoms with Crippen LogP contribution in [0.1, 0.15) is 89.0 Å². The zero-order valence-corrected chi connectivity index (χ0v) is 82.5. The quantitative estimate of drug-likeness (QED) is 0.0342. The van der Waals surface area contributed by atoms with Crippen LogP contribution in [0.25, 0.3) is 32.7 Å². The van der Waals surface area contributed by atoms with E-state index in [9.17, 15) is 10.2 Å². The second kappa shape index (κ2) is 49.7. The maximum atomic E-state index is 12.0. The minimum atomic E-state index is -0.0762. The number of phenolic OH excluding ortho intramolecular Hbond substituents is 2. The van der Waals surface area contributed by atoms with Gasteiger partial charge < -0.3 is 81.3 Å². The fourth-order valence-corrected chi connectivity index (χ4v) is 17.3. The monoisotopic (exact) mass is 1980 g/mol. The van der Waals surface area contributed by atoms with E-state index in [1.54, 1.807) is 30.5 Å². The molecule has 744 valence electrons. The van der Waals surface area contributed by atoms with Crippen LogP contribution in [-0.4, -0.2) is 16.4 Å². The Kier molecular flexibility index (Phi) is 32.6. The lowest BCUT2D eigenvalue weighted by molar-refractivity contribution is 0.269. The number of aromatic hydroxyl groups is 2. The molecule has 20 aromatic rings. The molecule has 0 aliphatic heterocycles. The van der Waals surface area contributed by atoms with E-state index in [1.165, 1.54) is 0 Å². The Morgan fingerprint density at radius 2 is 0.347 bits per heavy atom. The van der Waals surface area contributed by atoms with Crippen molar-refractivity contribution in [3.8, 4) is 109 Å². The van der Waals surface area contributed by atoms with Gasteiger partial charge in [-0.3, -0.25) is 4.99 Å². The van der Waals surface area contributed by atoms with Crippen LogP contribution in [0.4, 0.5) is 5.69 Å². The highest BCUT2D eigenvalue weighted by Gasteiger charge is 2.21. The van der Waals surface area contributed by atoms with E-state index in [2.05, 4.69) is 0 Å². The van der Waals surface area contributed by atoms with E-state index in [0.29, 0.717) is 173 Å². The van der Waals surface area contributed by atoms with E-state index in [1.807, 2.05) is 437 Å². The summed E-state index contributed by atoms with van der Waals surface area (Å²) >= 11 is 0. The van der Waals surface area contributed by atoms with Crippen molar-refractivity contribution in [2.45, 2.75) is 99.1 Å². The van der Waals surface area contributed by atoms with Gasteiger partial charge in [0, 0.05) is 71.4 Å². The number of nitrogens with zero attached hydrogens (tertiary/aromatic N) is 1. The van der Waals surface area contributed by atoms with E-state index in [4.69, 9.17) is 76.0 Å². The maximum Gasteiger partial charge on any atom is 0.128 e. The standard InChI is InChI=1S/C132H109NO17/c134-129-54-51-109-46-26-28-48-127(109)132(129)131-126-47-27-25-45-108(126)50-53-128(131)133-77-110-49-52-111(76-130(110)135)136-86-101-55-120(145-91-106-65-122(147-87-102-57-112(137-78-93-29-9-1-10-30-93)69-113(58-102)138-79-94-31-11-2-12-32-94)74-123(66-106)148-88-103-59-114(139-80-95-33-13-3-14-34-95)70-115(60-103)140-81-96-35-15-4-16-36-96)73-121(56-101)146-92-107-67-124(149-89-104-61-116(141-82-97-37-17-5-18-38-97)71-117(62-104)142-83-98-39-19-6-20-40-98)75-125(68-107)150-90-105-63-118(143-84-99-41-21-7-22-42-99)72-119(64-105)144-85-100-43-23-8-24-44-100/h1-77,134-135H,78-92H2. The van der Waals surface area contributed by atoms with Gasteiger partial charge in [-0.2, -0.15) is 0 Å². The van der Waals surface area contributed by atoms with Gasteiger partial charge in [-0.1, -0.05) is 303 Å². The van der Waals surface area contributed by atoms with E-state index >= 15 is 0 Å². The smallest absolute Gasteiger partial charge is 0.128 e. The summed E-state index contributed by atoms with van der Waals surface area (Å²) in [6.45, 7) is 3.11. The second-order valence-corrected chi connectivity index (χ2v) is 36.2. The van der Waals surface area contributed by atoms with Crippen molar-refractivity contribution >= 4 is 33.4 Å². The number of ether oxygens (including phenoxy) is 15. The molecule has 0 unspecified atom stereocenters. The largest absolute Gasteiger partial charge is 0.507 e. The van der Waals surface area contributed by atoms with Gasteiger partial charge in [-0.15, -0.1) is 0 Å². The summed E-state index contributed by atoms with van der Waals surface area (Å²) in [6, 6.07) is 149. The Bertz CT molecular complexity index is 7000. The molecular formula is C132H109NO17. The molecule has 18 nitrogen and oxygen atoms in total. The average Bonchev–Trinajstić information content (AvgIpc) is 0.752. The summed E-state index contributed by atoms with van der Waals surface area (Å²) in [4.78, 5) is 5.05. The minimum absolute atomic E-state index is 0.00403. The van der Waals surface area contributed by atoms with Gasteiger partial charge in [0.2, 0.25) is 0 Å². The Hall–Kier alpha value is -18.8. The Morgan fingerprint density at radius 1 is 0.153 bits per heavy atom. The van der Waals surface area contributed by atoms with Crippen LogP contribution in [0, 0.1) is 0 Å². The highest BCUT2D eigenvalue weighted by molar-refractivity contribution is 6.12. The van der Waals surface area contributed by atoms with Crippen molar-refractivity contribution in [1.29, 1.82) is 0 Å². The maximum absolute atomic E-state index is 12.0. The molecule has 18 heteroatoms. The molecule has 0 spiro atoms. The molecule has 0 amide bonds. The van der Waals surface area contributed by atoms with Crippen molar-refractivity contribution in [1.82, 2.24) is 0 Å². The molecule has 0 bridgehead atoms. The lowest BCUT2D eigenvalue weighted by Crippen LogP contribution is -2.05. The van der Waals surface area contributed by atoms with E-state index in [-0.39, 0.29) is 57.7 Å². The number of benzene rings is 20. The number of hydrogen-bond donors (Lipinski definition) is 2. The molecule has 2 N–H and O–H groups in total. The second-order valence-electron chi connectivity index (χ2n) is 36.2. The van der Waals surface area contributed by atoms with Crippen LogP contribution >= 0.6 is 0 Å².